The van der Waals surface area contributed by atoms with Crippen molar-refractivity contribution in [2.24, 2.45) is 0 Å². The summed E-state index contributed by atoms with van der Waals surface area (Å²) in [7, 11) is 2.96. The van der Waals surface area contributed by atoms with Crippen molar-refractivity contribution in [1.82, 2.24) is 4.98 Å². The quantitative estimate of drug-likeness (QED) is 0.386. The molecule has 3 rings (SSSR count). The van der Waals surface area contributed by atoms with E-state index in [1.165, 1.54) is 32.4 Å². The molecular formula is C24H24ClF3N2O4. The summed E-state index contributed by atoms with van der Waals surface area (Å²) in [6, 6.07) is 9.87. The van der Waals surface area contributed by atoms with Crippen molar-refractivity contribution in [3.63, 3.8) is 0 Å². The Morgan fingerprint density at radius 1 is 1.03 bits per heavy atom. The monoisotopic (exact) mass is 496 g/mol. The number of methoxy groups -OCH3 is 2. The SMILES string of the molecule is COc1ccc(CN(C(=O)OC(C)(C)C)c2ccc3c(Cl)ccc(C(F)(F)F)c3n2)c(OC)c1. The van der Waals surface area contributed by atoms with Gasteiger partial charge in [0.05, 0.1) is 31.8 Å². The third-order valence-corrected chi connectivity index (χ3v) is 5.14. The summed E-state index contributed by atoms with van der Waals surface area (Å²) in [5.74, 6) is 0.929. The number of halogens is 4. The third-order valence-electron chi connectivity index (χ3n) is 4.81. The van der Waals surface area contributed by atoms with Crippen LogP contribution in [0.3, 0.4) is 0 Å². The van der Waals surface area contributed by atoms with Crippen LogP contribution in [0, 0.1) is 0 Å². The molecule has 0 saturated heterocycles. The Kier molecular flexibility index (Phi) is 7.16. The smallest absolute Gasteiger partial charge is 0.418 e. The average molecular weight is 497 g/mol. The van der Waals surface area contributed by atoms with Crippen LogP contribution in [-0.2, 0) is 17.5 Å². The minimum absolute atomic E-state index is 0.0348. The molecule has 1 heterocycles. The predicted octanol–water partition coefficient (Wildman–Crippen LogP) is 6.87. The zero-order valence-electron chi connectivity index (χ0n) is 19.3. The number of hydrogen-bond acceptors (Lipinski definition) is 5. The Balaban J connectivity index is 2.16. The molecule has 1 amide bonds. The number of anilines is 1. The number of hydrogen-bond donors (Lipinski definition) is 0. The fourth-order valence-electron chi connectivity index (χ4n) is 3.26. The summed E-state index contributed by atoms with van der Waals surface area (Å²) in [6.07, 6.45) is -5.45. The van der Waals surface area contributed by atoms with Crippen molar-refractivity contribution in [2.75, 3.05) is 19.1 Å². The first-order chi connectivity index (χ1) is 15.8. The van der Waals surface area contributed by atoms with Crippen LogP contribution >= 0.6 is 11.6 Å². The van der Waals surface area contributed by atoms with E-state index in [9.17, 15) is 18.0 Å². The van der Waals surface area contributed by atoms with Gasteiger partial charge in [-0.15, -0.1) is 0 Å². The van der Waals surface area contributed by atoms with Gasteiger partial charge in [0.15, 0.2) is 0 Å². The Bertz CT molecular complexity index is 1210. The van der Waals surface area contributed by atoms with Crippen LogP contribution < -0.4 is 14.4 Å². The van der Waals surface area contributed by atoms with Gasteiger partial charge in [0, 0.05) is 22.0 Å². The van der Waals surface area contributed by atoms with E-state index < -0.39 is 23.4 Å². The van der Waals surface area contributed by atoms with Gasteiger partial charge in [-0.2, -0.15) is 13.2 Å². The van der Waals surface area contributed by atoms with Gasteiger partial charge in [-0.3, -0.25) is 4.90 Å². The standard InChI is InChI=1S/C24H24ClF3N2O4/c1-23(2,3)34-22(31)30(13-14-6-7-15(32-4)12-19(14)33-5)20-11-8-16-18(25)10-9-17(21(16)29-20)24(26,27)28/h6-12H,13H2,1-5H3. The van der Waals surface area contributed by atoms with Crippen LogP contribution in [0.4, 0.5) is 23.8 Å². The number of alkyl halides is 3. The van der Waals surface area contributed by atoms with Crippen molar-refractivity contribution in [1.29, 1.82) is 0 Å². The van der Waals surface area contributed by atoms with E-state index >= 15 is 0 Å². The Hall–Kier alpha value is -3.20. The lowest BCUT2D eigenvalue weighted by molar-refractivity contribution is -0.136. The van der Waals surface area contributed by atoms with Crippen LogP contribution in [0.1, 0.15) is 31.9 Å². The molecule has 0 N–H and O–H groups in total. The van der Waals surface area contributed by atoms with Crippen LogP contribution in [0.15, 0.2) is 42.5 Å². The Morgan fingerprint density at radius 3 is 2.32 bits per heavy atom. The van der Waals surface area contributed by atoms with E-state index in [1.807, 2.05) is 0 Å². The molecule has 0 aliphatic carbocycles. The van der Waals surface area contributed by atoms with Crippen LogP contribution in [0.25, 0.3) is 10.9 Å². The van der Waals surface area contributed by atoms with Gasteiger partial charge < -0.3 is 14.2 Å². The first kappa shape index (κ1) is 25.4. The fraction of sp³-hybridized carbons (Fsp3) is 0.333. The molecule has 0 radical (unpaired) electrons. The number of carbonyl (C=O) groups excluding carboxylic acids is 1. The van der Waals surface area contributed by atoms with E-state index in [0.29, 0.717) is 17.1 Å². The molecule has 3 aromatic rings. The molecule has 0 spiro atoms. The second kappa shape index (κ2) is 9.58. The summed E-state index contributed by atoms with van der Waals surface area (Å²) in [6.45, 7) is 4.98. The molecule has 182 valence electrons. The Morgan fingerprint density at radius 2 is 1.74 bits per heavy atom. The van der Waals surface area contributed by atoms with Crippen molar-refractivity contribution in [3.8, 4) is 11.5 Å². The van der Waals surface area contributed by atoms with Crippen LogP contribution in [-0.4, -0.2) is 30.9 Å². The molecular weight excluding hydrogens is 473 g/mol. The third kappa shape index (κ3) is 5.64. The molecule has 0 aliphatic heterocycles. The van der Waals surface area contributed by atoms with Gasteiger partial charge >= 0.3 is 12.3 Å². The number of amides is 1. The fourth-order valence-corrected chi connectivity index (χ4v) is 3.48. The second-order valence-electron chi connectivity index (χ2n) is 8.40. The minimum atomic E-state index is -4.66. The van der Waals surface area contributed by atoms with E-state index in [-0.39, 0.29) is 28.3 Å². The maximum atomic E-state index is 13.7. The van der Waals surface area contributed by atoms with Crippen molar-refractivity contribution in [2.45, 2.75) is 39.1 Å². The van der Waals surface area contributed by atoms with Crippen molar-refractivity contribution >= 4 is 34.4 Å². The first-order valence-electron chi connectivity index (χ1n) is 10.2. The van der Waals surface area contributed by atoms with Crippen LogP contribution in [0.2, 0.25) is 5.02 Å². The van der Waals surface area contributed by atoms with Gasteiger partial charge in [0.2, 0.25) is 0 Å². The zero-order valence-corrected chi connectivity index (χ0v) is 20.0. The van der Waals surface area contributed by atoms with E-state index in [1.54, 1.807) is 39.0 Å². The van der Waals surface area contributed by atoms with E-state index in [4.69, 9.17) is 25.8 Å². The lowest BCUT2D eigenvalue weighted by atomic mass is 10.1. The van der Waals surface area contributed by atoms with Crippen LogP contribution in [0.5, 0.6) is 11.5 Å². The van der Waals surface area contributed by atoms with E-state index in [2.05, 4.69) is 4.98 Å². The van der Waals surface area contributed by atoms with Crippen molar-refractivity contribution in [3.05, 3.63) is 58.6 Å². The van der Waals surface area contributed by atoms with Gasteiger partial charge in [0.25, 0.3) is 0 Å². The largest absolute Gasteiger partial charge is 0.497 e. The lowest BCUT2D eigenvalue weighted by Gasteiger charge is -2.27. The molecule has 2 aromatic carbocycles. The highest BCUT2D eigenvalue weighted by molar-refractivity contribution is 6.35. The number of pyridine rings is 1. The van der Waals surface area contributed by atoms with Gasteiger partial charge in [-0.25, -0.2) is 9.78 Å². The highest BCUT2D eigenvalue weighted by Crippen LogP contribution is 2.38. The molecule has 0 unspecified atom stereocenters. The number of carbonyl (C=O) groups is 1. The van der Waals surface area contributed by atoms with Gasteiger partial charge in [0.1, 0.15) is 22.9 Å². The minimum Gasteiger partial charge on any atom is -0.497 e. The van der Waals surface area contributed by atoms with Crippen molar-refractivity contribution < 1.29 is 32.2 Å². The maximum Gasteiger partial charge on any atom is 0.418 e. The summed E-state index contributed by atoms with van der Waals surface area (Å²) in [5.41, 5.74) is -1.61. The molecule has 0 fully saturated rings. The highest BCUT2D eigenvalue weighted by atomic mass is 35.5. The summed E-state index contributed by atoms with van der Waals surface area (Å²) < 4.78 is 57.1. The number of benzene rings is 2. The molecule has 0 bridgehead atoms. The Labute approximate surface area is 200 Å². The van der Waals surface area contributed by atoms with E-state index in [0.717, 1.165) is 11.0 Å². The lowest BCUT2D eigenvalue weighted by Crippen LogP contribution is -2.37. The zero-order chi connectivity index (χ0) is 25.3. The molecule has 0 atom stereocenters. The molecule has 0 saturated carbocycles. The molecule has 1 aromatic heterocycles. The summed E-state index contributed by atoms with van der Waals surface area (Å²) >= 11 is 6.12. The first-order valence-corrected chi connectivity index (χ1v) is 10.6. The number of ether oxygens (including phenoxy) is 3. The van der Waals surface area contributed by atoms with Gasteiger partial charge in [-0.05, 0) is 57.2 Å². The normalized spacial score (nSPS) is 11.9. The maximum absolute atomic E-state index is 13.7. The molecule has 6 nitrogen and oxygen atoms in total. The number of nitrogens with zero attached hydrogens (tertiary/aromatic N) is 2. The number of rotatable bonds is 5. The summed E-state index contributed by atoms with van der Waals surface area (Å²) in [4.78, 5) is 18.5. The summed E-state index contributed by atoms with van der Waals surface area (Å²) in [5, 5.41) is 0.231. The highest BCUT2D eigenvalue weighted by Gasteiger charge is 2.34. The number of aromatic nitrogens is 1. The second-order valence-corrected chi connectivity index (χ2v) is 8.81. The van der Waals surface area contributed by atoms with Gasteiger partial charge in [-0.1, -0.05) is 11.6 Å². The molecule has 34 heavy (non-hydrogen) atoms. The molecule has 0 aliphatic rings. The average Bonchev–Trinajstić information content (AvgIpc) is 2.75. The molecule has 10 heteroatoms. The topological polar surface area (TPSA) is 60.9 Å². The number of fused-ring (bicyclic) bond motifs is 1. The predicted molar refractivity (Wildman–Crippen MR) is 124 cm³/mol.